The van der Waals surface area contributed by atoms with Crippen molar-refractivity contribution in [2.24, 2.45) is 0 Å². The fraction of sp³-hybridized carbons (Fsp3) is 0.0882. The van der Waals surface area contributed by atoms with Crippen molar-refractivity contribution < 1.29 is 14.4 Å². The average molecular weight is 620 g/mol. The molecule has 220 valence electrons. The summed E-state index contributed by atoms with van der Waals surface area (Å²) < 4.78 is 0. The lowest BCUT2D eigenvalue weighted by Crippen LogP contribution is -2.30. The second-order valence-electron chi connectivity index (χ2n) is 9.69. The highest BCUT2D eigenvalue weighted by Crippen LogP contribution is 2.31. The van der Waals surface area contributed by atoms with Gasteiger partial charge in [-0.25, -0.2) is 4.98 Å². The van der Waals surface area contributed by atoms with Gasteiger partial charge >= 0.3 is 0 Å². The van der Waals surface area contributed by atoms with E-state index >= 15 is 0 Å². The highest BCUT2D eigenvalue weighted by Gasteiger charge is 2.19. The summed E-state index contributed by atoms with van der Waals surface area (Å²) in [4.78, 5) is 49.8. The fourth-order valence-corrected chi connectivity index (χ4v) is 5.96. The fourth-order valence-electron chi connectivity index (χ4n) is 4.19. The maximum absolute atomic E-state index is 13.4. The van der Waals surface area contributed by atoms with Gasteiger partial charge in [0, 0.05) is 39.0 Å². The number of nitrogens with one attached hydrogen (secondary N) is 3. The molecule has 2 heterocycles. The lowest BCUT2D eigenvalue weighted by molar-refractivity contribution is -0.115. The van der Waals surface area contributed by atoms with Gasteiger partial charge in [0.15, 0.2) is 5.13 Å². The van der Waals surface area contributed by atoms with Crippen LogP contribution in [0.1, 0.15) is 27.7 Å². The molecule has 8 nitrogen and oxygen atoms in total. The predicted octanol–water partition coefficient (Wildman–Crippen LogP) is 7.04. The van der Waals surface area contributed by atoms with Gasteiger partial charge in [0.25, 0.3) is 11.8 Å². The summed E-state index contributed by atoms with van der Waals surface area (Å²) in [5.41, 5.74) is 3.51. The minimum absolute atomic E-state index is 0.0614. The van der Waals surface area contributed by atoms with Crippen LogP contribution in [0.2, 0.25) is 0 Å². The molecule has 0 saturated carbocycles. The quantitative estimate of drug-likeness (QED) is 0.114. The summed E-state index contributed by atoms with van der Waals surface area (Å²) in [5, 5.41) is 8.63. The smallest absolute Gasteiger partial charge is 0.272 e. The summed E-state index contributed by atoms with van der Waals surface area (Å²) in [6, 6.07) is 29.3. The maximum Gasteiger partial charge on any atom is 0.272 e. The number of pyridine rings is 1. The Balaban J connectivity index is 1.25. The summed E-state index contributed by atoms with van der Waals surface area (Å²) in [6.45, 7) is 3.80. The number of nitrogens with zero attached hydrogens (tertiary/aromatic N) is 2. The van der Waals surface area contributed by atoms with E-state index in [2.05, 4.69) is 25.9 Å². The summed E-state index contributed by atoms with van der Waals surface area (Å²) in [5.74, 6) is -1.09. The van der Waals surface area contributed by atoms with Gasteiger partial charge in [0.05, 0.1) is 10.9 Å². The highest BCUT2D eigenvalue weighted by atomic mass is 32.2. The van der Waals surface area contributed by atoms with Crippen LogP contribution in [0.25, 0.3) is 17.3 Å². The van der Waals surface area contributed by atoms with Crippen molar-refractivity contribution in [2.75, 3.05) is 10.6 Å². The average Bonchev–Trinajstić information content (AvgIpc) is 3.41. The van der Waals surface area contributed by atoms with Crippen molar-refractivity contribution in [3.63, 3.8) is 0 Å². The van der Waals surface area contributed by atoms with Crippen LogP contribution >= 0.6 is 23.1 Å². The third-order valence-corrected chi connectivity index (χ3v) is 8.35. The predicted molar refractivity (Wildman–Crippen MR) is 177 cm³/mol. The Labute approximate surface area is 263 Å². The van der Waals surface area contributed by atoms with Gasteiger partial charge in [0.1, 0.15) is 5.70 Å². The van der Waals surface area contributed by atoms with Crippen LogP contribution < -0.4 is 16.0 Å². The van der Waals surface area contributed by atoms with Gasteiger partial charge < -0.3 is 16.0 Å². The number of benzene rings is 3. The summed E-state index contributed by atoms with van der Waals surface area (Å²) in [7, 11) is 0. The maximum atomic E-state index is 13.4. The van der Waals surface area contributed by atoms with Gasteiger partial charge in [-0.2, -0.15) is 0 Å². The van der Waals surface area contributed by atoms with Crippen molar-refractivity contribution in [2.45, 2.75) is 24.0 Å². The van der Waals surface area contributed by atoms with Crippen LogP contribution in [0.5, 0.6) is 0 Å². The van der Waals surface area contributed by atoms with Gasteiger partial charge in [0.2, 0.25) is 5.91 Å². The van der Waals surface area contributed by atoms with Crippen molar-refractivity contribution in [3.8, 4) is 11.3 Å². The largest absolute Gasteiger partial charge is 0.321 e. The molecule has 5 rings (SSSR count). The van der Waals surface area contributed by atoms with Crippen LogP contribution in [0.4, 0.5) is 10.8 Å². The second kappa shape index (κ2) is 14.4. The van der Waals surface area contributed by atoms with Gasteiger partial charge in [-0.1, -0.05) is 60.7 Å². The van der Waals surface area contributed by atoms with Crippen LogP contribution in [0.3, 0.4) is 0 Å². The van der Waals surface area contributed by atoms with Crippen molar-refractivity contribution in [1.82, 2.24) is 15.3 Å². The molecule has 5 aromatic rings. The highest BCUT2D eigenvalue weighted by molar-refractivity contribution is 8.00. The number of aryl methyl sites for hydroxylation is 1. The second-order valence-corrected chi connectivity index (χ2v) is 12.3. The molecule has 0 aliphatic carbocycles. The Morgan fingerprint density at radius 3 is 2.36 bits per heavy atom. The lowest BCUT2D eigenvalue weighted by atomic mass is 10.1. The number of hydrogen-bond donors (Lipinski definition) is 3. The Morgan fingerprint density at radius 2 is 1.64 bits per heavy atom. The molecule has 2 aromatic heterocycles. The molecule has 1 unspecified atom stereocenters. The minimum atomic E-state index is -0.501. The number of thioether (sulfide) groups is 1. The number of carbonyl (C=O) groups is 3. The SMILES string of the molecule is Cc1sc(NC(=O)C(C)Sc2cccc(NC(=O)/C(=C/c3cccnc3)NC(=O)c3ccccc3)c2)nc1-c1ccccc1. The standard InChI is InChI=1S/C34H29N5O3S2/c1-22-30(25-12-5-3-6-13-25)38-34(44-22)39-31(40)23(2)43-28-17-9-16-27(20-28)36-33(42)29(19-24-11-10-18-35-21-24)37-32(41)26-14-7-4-8-15-26/h3-21,23H,1-2H3,(H,36,42)(H,37,41)(H,38,39,40)/b29-19-. The van der Waals surface area contributed by atoms with E-state index in [1.165, 1.54) is 23.1 Å². The van der Waals surface area contributed by atoms with E-state index in [0.717, 1.165) is 21.0 Å². The van der Waals surface area contributed by atoms with Gasteiger partial charge in [-0.05, 0) is 61.9 Å². The Bertz CT molecular complexity index is 1790. The third kappa shape index (κ3) is 8.06. The van der Waals surface area contributed by atoms with E-state index in [4.69, 9.17) is 0 Å². The first kappa shape index (κ1) is 30.4. The molecule has 3 aromatic carbocycles. The molecule has 0 aliphatic heterocycles. The zero-order valence-electron chi connectivity index (χ0n) is 24.0. The van der Waals surface area contributed by atoms with Crippen molar-refractivity contribution >= 4 is 57.7 Å². The molecule has 0 radical (unpaired) electrons. The monoisotopic (exact) mass is 619 g/mol. The molecule has 10 heteroatoms. The number of rotatable bonds is 10. The molecule has 0 saturated heterocycles. The summed E-state index contributed by atoms with van der Waals surface area (Å²) >= 11 is 2.80. The topological polar surface area (TPSA) is 113 Å². The molecule has 0 spiro atoms. The van der Waals surface area contributed by atoms with Crippen molar-refractivity contribution in [3.05, 3.63) is 131 Å². The molecule has 3 N–H and O–H groups in total. The number of anilines is 2. The zero-order chi connectivity index (χ0) is 30.9. The zero-order valence-corrected chi connectivity index (χ0v) is 25.6. The van der Waals surface area contributed by atoms with E-state index in [9.17, 15) is 14.4 Å². The number of carbonyl (C=O) groups excluding carboxylic acids is 3. The summed E-state index contributed by atoms with van der Waals surface area (Å²) in [6.07, 6.45) is 4.79. The van der Waals surface area contributed by atoms with E-state index in [1.807, 2.05) is 56.3 Å². The first-order chi connectivity index (χ1) is 21.4. The Hall–Kier alpha value is -5.06. The van der Waals surface area contributed by atoms with E-state index in [1.54, 1.807) is 73.1 Å². The lowest BCUT2D eigenvalue weighted by Gasteiger charge is -2.13. The normalized spacial score (nSPS) is 11.8. The number of aromatic nitrogens is 2. The van der Waals surface area contributed by atoms with Crippen molar-refractivity contribution in [1.29, 1.82) is 0 Å². The molecular formula is C34H29N5O3S2. The number of hydrogen-bond acceptors (Lipinski definition) is 7. The molecule has 0 aliphatic rings. The van der Waals surface area contributed by atoms with E-state index < -0.39 is 17.1 Å². The van der Waals surface area contributed by atoms with Gasteiger partial charge in [-0.15, -0.1) is 23.1 Å². The minimum Gasteiger partial charge on any atom is -0.321 e. The Kier molecular flexibility index (Phi) is 9.96. The molecular weight excluding hydrogens is 591 g/mol. The number of amides is 3. The van der Waals surface area contributed by atoms with Crippen LogP contribution in [0, 0.1) is 6.92 Å². The molecule has 0 fully saturated rings. The van der Waals surface area contributed by atoms with Gasteiger partial charge in [-0.3, -0.25) is 19.4 Å². The van der Waals surface area contributed by atoms with Crippen LogP contribution in [-0.4, -0.2) is 32.9 Å². The molecule has 0 bridgehead atoms. The molecule has 1 atom stereocenters. The first-order valence-electron chi connectivity index (χ1n) is 13.8. The van der Waals surface area contributed by atoms with Crippen LogP contribution in [0.15, 0.2) is 120 Å². The van der Waals surface area contributed by atoms with Crippen LogP contribution in [-0.2, 0) is 9.59 Å². The first-order valence-corrected chi connectivity index (χ1v) is 15.5. The van der Waals surface area contributed by atoms with E-state index in [0.29, 0.717) is 21.9 Å². The number of thiazole rings is 1. The Morgan fingerprint density at radius 1 is 0.886 bits per heavy atom. The van der Waals surface area contributed by atoms with E-state index in [-0.39, 0.29) is 11.6 Å². The molecule has 3 amide bonds. The third-order valence-electron chi connectivity index (χ3n) is 6.37. The molecule has 44 heavy (non-hydrogen) atoms.